The first-order chi connectivity index (χ1) is 11.7. The predicted molar refractivity (Wildman–Crippen MR) is 93.2 cm³/mol. The smallest absolute Gasteiger partial charge is 0.243 e. The molecule has 1 saturated heterocycles. The Balaban J connectivity index is 1.96. The van der Waals surface area contributed by atoms with E-state index in [4.69, 9.17) is 9.47 Å². The Labute approximate surface area is 148 Å². The number of fused-ring (bicyclic) bond motifs is 1. The SMILES string of the molecule is CC(C)CN([C@H]1CCS(=O)(=O)C1)S(=O)(=O)c1ccc2c(c1)OCCO2. The van der Waals surface area contributed by atoms with E-state index in [-0.39, 0.29) is 28.9 Å². The van der Waals surface area contributed by atoms with Crippen molar-refractivity contribution in [3.63, 3.8) is 0 Å². The van der Waals surface area contributed by atoms with Gasteiger partial charge in [0.15, 0.2) is 21.3 Å². The fraction of sp³-hybridized carbons (Fsp3) is 0.625. The van der Waals surface area contributed by atoms with E-state index in [1.807, 2.05) is 13.8 Å². The van der Waals surface area contributed by atoms with Crippen LogP contribution in [0.2, 0.25) is 0 Å². The third-order valence-electron chi connectivity index (χ3n) is 4.28. The van der Waals surface area contributed by atoms with Crippen molar-refractivity contribution in [3.8, 4) is 11.5 Å². The summed E-state index contributed by atoms with van der Waals surface area (Å²) in [5.74, 6) is 0.905. The van der Waals surface area contributed by atoms with Crippen molar-refractivity contribution in [2.24, 2.45) is 5.92 Å². The van der Waals surface area contributed by atoms with E-state index in [1.54, 1.807) is 6.07 Å². The van der Waals surface area contributed by atoms with Crippen molar-refractivity contribution in [2.75, 3.05) is 31.3 Å². The molecule has 0 aromatic heterocycles. The van der Waals surface area contributed by atoms with E-state index in [0.717, 1.165) is 0 Å². The van der Waals surface area contributed by atoms with Crippen LogP contribution in [-0.2, 0) is 19.9 Å². The second kappa shape index (κ2) is 6.77. The summed E-state index contributed by atoms with van der Waals surface area (Å²) in [4.78, 5) is 0.0988. The molecule has 7 nitrogen and oxygen atoms in total. The zero-order valence-corrected chi connectivity index (χ0v) is 16.0. The van der Waals surface area contributed by atoms with Crippen LogP contribution in [0.25, 0.3) is 0 Å². The third-order valence-corrected chi connectivity index (χ3v) is 7.95. The van der Waals surface area contributed by atoms with Gasteiger partial charge in [-0.2, -0.15) is 4.31 Å². The van der Waals surface area contributed by atoms with Gasteiger partial charge in [0.25, 0.3) is 0 Å². The molecule has 0 radical (unpaired) electrons. The van der Waals surface area contributed by atoms with Gasteiger partial charge in [-0.25, -0.2) is 16.8 Å². The summed E-state index contributed by atoms with van der Waals surface area (Å²) >= 11 is 0. The Hall–Kier alpha value is -1.32. The minimum Gasteiger partial charge on any atom is -0.486 e. The minimum absolute atomic E-state index is 0.0307. The van der Waals surface area contributed by atoms with Gasteiger partial charge in [0.2, 0.25) is 10.0 Å². The topological polar surface area (TPSA) is 90.0 Å². The maximum atomic E-state index is 13.2. The highest BCUT2D eigenvalue weighted by molar-refractivity contribution is 7.92. The van der Waals surface area contributed by atoms with Gasteiger partial charge >= 0.3 is 0 Å². The van der Waals surface area contributed by atoms with E-state index in [1.165, 1.54) is 16.4 Å². The molecule has 1 atom stereocenters. The Morgan fingerprint density at radius 2 is 1.88 bits per heavy atom. The van der Waals surface area contributed by atoms with Gasteiger partial charge < -0.3 is 9.47 Å². The van der Waals surface area contributed by atoms with Gasteiger partial charge in [0, 0.05) is 18.7 Å². The zero-order valence-electron chi connectivity index (χ0n) is 14.3. The van der Waals surface area contributed by atoms with Crippen LogP contribution < -0.4 is 9.47 Å². The normalized spacial score (nSPS) is 22.5. The van der Waals surface area contributed by atoms with Crippen LogP contribution in [-0.4, -0.2) is 58.4 Å². The van der Waals surface area contributed by atoms with E-state index in [9.17, 15) is 16.8 Å². The van der Waals surface area contributed by atoms with Crippen LogP contribution in [0.15, 0.2) is 23.1 Å². The van der Waals surface area contributed by atoms with Crippen LogP contribution in [0.5, 0.6) is 11.5 Å². The van der Waals surface area contributed by atoms with Crippen LogP contribution in [0.1, 0.15) is 20.3 Å². The molecule has 0 amide bonds. The molecule has 2 aliphatic rings. The molecule has 0 unspecified atom stereocenters. The highest BCUT2D eigenvalue weighted by Gasteiger charge is 2.39. The van der Waals surface area contributed by atoms with Crippen LogP contribution in [0.4, 0.5) is 0 Å². The highest BCUT2D eigenvalue weighted by Crippen LogP contribution is 2.34. The molecule has 9 heteroatoms. The van der Waals surface area contributed by atoms with E-state index in [0.29, 0.717) is 31.1 Å². The maximum absolute atomic E-state index is 13.2. The van der Waals surface area contributed by atoms with E-state index >= 15 is 0 Å². The molecular formula is C16H23NO6S2. The maximum Gasteiger partial charge on any atom is 0.243 e. The van der Waals surface area contributed by atoms with E-state index < -0.39 is 25.9 Å². The van der Waals surface area contributed by atoms with Crippen LogP contribution >= 0.6 is 0 Å². The predicted octanol–water partition coefficient (Wildman–Crippen LogP) is 1.29. The summed E-state index contributed by atoms with van der Waals surface area (Å²) in [5.41, 5.74) is 0. The standard InChI is InChI=1S/C16H23NO6S2/c1-12(2)10-17(13-5-8-24(18,19)11-13)25(20,21)14-3-4-15-16(9-14)23-7-6-22-15/h3-4,9,12-13H,5-8,10-11H2,1-2H3/t13-/m0/s1. The molecule has 2 heterocycles. The van der Waals surface area contributed by atoms with Crippen molar-refractivity contribution in [3.05, 3.63) is 18.2 Å². The summed E-state index contributed by atoms with van der Waals surface area (Å²) in [6.07, 6.45) is 0.332. The molecular weight excluding hydrogens is 366 g/mol. The van der Waals surface area contributed by atoms with Crippen molar-refractivity contribution in [1.82, 2.24) is 4.31 Å². The zero-order chi connectivity index (χ0) is 18.2. The molecule has 0 spiro atoms. The largest absolute Gasteiger partial charge is 0.486 e. The quantitative estimate of drug-likeness (QED) is 0.754. The second-order valence-corrected chi connectivity index (χ2v) is 11.0. The lowest BCUT2D eigenvalue weighted by atomic mass is 10.2. The Morgan fingerprint density at radius 1 is 1.20 bits per heavy atom. The number of benzene rings is 1. The van der Waals surface area contributed by atoms with Gasteiger partial charge in [-0.05, 0) is 24.5 Å². The van der Waals surface area contributed by atoms with Gasteiger partial charge in [-0.3, -0.25) is 0 Å². The summed E-state index contributed by atoms with van der Waals surface area (Å²) in [5, 5.41) is 0. The molecule has 0 bridgehead atoms. The van der Waals surface area contributed by atoms with Crippen LogP contribution in [0.3, 0.4) is 0 Å². The fourth-order valence-electron chi connectivity index (χ4n) is 3.13. The number of hydrogen-bond donors (Lipinski definition) is 0. The summed E-state index contributed by atoms with van der Waals surface area (Å²) in [7, 11) is -7.01. The van der Waals surface area contributed by atoms with Gasteiger partial charge in [-0.1, -0.05) is 13.8 Å². The molecule has 140 valence electrons. The number of sulfonamides is 1. The summed E-state index contributed by atoms with van der Waals surface area (Å²) in [6, 6.07) is 4.01. The molecule has 0 N–H and O–H groups in total. The summed E-state index contributed by atoms with van der Waals surface area (Å²) in [6.45, 7) is 4.90. The van der Waals surface area contributed by atoms with E-state index in [2.05, 4.69) is 0 Å². The first-order valence-electron chi connectivity index (χ1n) is 8.31. The monoisotopic (exact) mass is 389 g/mol. The highest BCUT2D eigenvalue weighted by atomic mass is 32.2. The molecule has 1 fully saturated rings. The van der Waals surface area contributed by atoms with Gasteiger partial charge in [0.1, 0.15) is 13.2 Å². The number of nitrogens with zero attached hydrogens (tertiary/aromatic N) is 1. The Morgan fingerprint density at radius 3 is 2.48 bits per heavy atom. The first kappa shape index (κ1) is 18.5. The second-order valence-electron chi connectivity index (χ2n) is 6.83. The average Bonchev–Trinajstić information content (AvgIpc) is 2.91. The number of sulfone groups is 1. The molecule has 1 aromatic carbocycles. The number of hydrogen-bond acceptors (Lipinski definition) is 6. The summed E-state index contributed by atoms with van der Waals surface area (Å²) < 4.78 is 62.3. The lowest BCUT2D eigenvalue weighted by Gasteiger charge is -2.29. The molecule has 0 saturated carbocycles. The molecule has 3 rings (SSSR count). The molecule has 25 heavy (non-hydrogen) atoms. The lowest BCUT2D eigenvalue weighted by Crippen LogP contribution is -2.43. The van der Waals surface area contributed by atoms with Crippen molar-refractivity contribution >= 4 is 19.9 Å². The van der Waals surface area contributed by atoms with Gasteiger partial charge in [-0.15, -0.1) is 0 Å². The number of ether oxygens (including phenoxy) is 2. The molecule has 2 aliphatic heterocycles. The minimum atomic E-state index is -3.83. The molecule has 1 aromatic rings. The van der Waals surface area contributed by atoms with Crippen molar-refractivity contribution in [1.29, 1.82) is 0 Å². The fourth-order valence-corrected chi connectivity index (χ4v) is 6.78. The number of rotatable bonds is 5. The third kappa shape index (κ3) is 3.93. The molecule has 0 aliphatic carbocycles. The average molecular weight is 389 g/mol. The lowest BCUT2D eigenvalue weighted by molar-refractivity contribution is 0.171. The van der Waals surface area contributed by atoms with Crippen LogP contribution in [0, 0.1) is 5.92 Å². The van der Waals surface area contributed by atoms with Crippen molar-refractivity contribution < 1.29 is 26.3 Å². The van der Waals surface area contributed by atoms with Gasteiger partial charge in [0.05, 0.1) is 16.4 Å². The first-order valence-corrected chi connectivity index (χ1v) is 11.6. The van der Waals surface area contributed by atoms with Crippen molar-refractivity contribution in [2.45, 2.75) is 31.2 Å². The Bertz CT molecular complexity index is 847. The Kier molecular flexibility index (Phi) is 5.00.